The third-order valence-electron chi connectivity index (χ3n) is 3.45. The average molecular weight is 299 g/mol. The molecule has 2 aromatic carbocycles. The van der Waals surface area contributed by atoms with Crippen molar-refractivity contribution in [2.45, 2.75) is 37.8 Å². The molecule has 0 saturated heterocycles. The topological polar surface area (TPSA) is 29.1 Å². The van der Waals surface area contributed by atoms with Gasteiger partial charge in [-0.25, -0.2) is 0 Å². The third kappa shape index (κ3) is 4.36. The highest BCUT2D eigenvalue weighted by molar-refractivity contribution is 8.00. The molecule has 2 aromatic rings. The number of hydrogen-bond donors (Lipinski definition) is 1. The number of rotatable bonds is 4. The van der Waals surface area contributed by atoms with Crippen LogP contribution in [0.3, 0.4) is 0 Å². The lowest BCUT2D eigenvalue weighted by atomic mass is 10.1. The van der Waals surface area contributed by atoms with Crippen LogP contribution < -0.4 is 5.32 Å². The Morgan fingerprint density at radius 2 is 1.81 bits per heavy atom. The minimum Gasteiger partial charge on any atom is -0.325 e. The normalized spacial score (nSPS) is 12.0. The predicted octanol–water partition coefficient (Wildman–Crippen LogP) is 4.73. The van der Waals surface area contributed by atoms with Crippen molar-refractivity contribution in [3.63, 3.8) is 0 Å². The van der Waals surface area contributed by atoms with Gasteiger partial charge in [-0.2, -0.15) is 0 Å². The van der Waals surface area contributed by atoms with Crippen LogP contribution in [-0.4, -0.2) is 11.2 Å². The Morgan fingerprint density at radius 1 is 1.05 bits per heavy atom. The van der Waals surface area contributed by atoms with Crippen LogP contribution in [0.5, 0.6) is 0 Å². The van der Waals surface area contributed by atoms with Crippen LogP contribution in [0, 0.1) is 20.8 Å². The second kappa shape index (κ2) is 6.81. The fourth-order valence-electron chi connectivity index (χ4n) is 2.01. The smallest absolute Gasteiger partial charge is 0.237 e. The molecule has 21 heavy (non-hydrogen) atoms. The number of aryl methyl sites for hydroxylation is 3. The maximum atomic E-state index is 12.2. The molecule has 0 unspecified atom stereocenters. The molecule has 0 heterocycles. The number of benzene rings is 2. The Bertz CT molecular complexity index is 651. The quantitative estimate of drug-likeness (QED) is 0.827. The van der Waals surface area contributed by atoms with Crippen molar-refractivity contribution in [3.8, 4) is 0 Å². The van der Waals surface area contributed by atoms with E-state index in [4.69, 9.17) is 0 Å². The molecule has 0 aliphatic heterocycles. The number of nitrogens with one attached hydrogen (secondary N) is 1. The number of thioether (sulfide) groups is 1. The van der Waals surface area contributed by atoms with Crippen molar-refractivity contribution in [1.29, 1.82) is 0 Å². The second-order valence-electron chi connectivity index (χ2n) is 5.36. The lowest BCUT2D eigenvalue weighted by molar-refractivity contribution is -0.115. The standard InChI is InChI=1S/C18H21NOS/c1-12-6-5-7-16(10-12)19-18(20)15(4)21-17-9-8-13(2)14(3)11-17/h5-11,15H,1-4H3,(H,19,20)/t15-/m0/s1. The van der Waals surface area contributed by atoms with E-state index >= 15 is 0 Å². The summed E-state index contributed by atoms with van der Waals surface area (Å²) in [6, 6.07) is 14.2. The van der Waals surface area contributed by atoms with Crippen molar-refractivity contribution in [3.05, 3.63) is 59.2 Å². The molecule has 2 nitrogen and oxygen atoms in total. The highest BCUT2D eigenvalue weighted by atomic mass is 32.2. The Balaban J connectivity index is 2.00. The molecular formula is C18H21NOS. The van der Waals surface area contributed by atoms with Gasteiger partial charge in [0.05, 0.1) is 5.25 Å². The first-order valence-corrected chi connectivity index (χ1v) is 7.95. The minimum atomic E-state index is -0.132. The number of hydrogen-bond acceptors (Lipinski definition) is 2. The summed E-state index contributed by atoms with van der Waals surface area (Å²) in [4.78, 5) is 13.4. The van der Waals surface area contributed by atoms with Gasteiger partial charge in [0.15, 0.2) is 0 Å². The summed E-state index contributed by atoms with van der Waals surface area (Å²) in [5.41, 5.74) is 4.53. The zero-order valence-electron chi connectivity index (χ0n) is 12.9. The van der Waals surface area contributed by atoms with Crippen LogP contribution in [0.4, 0.5) is 5.69 Å². The lowest BCUT2D eigenvalue weighted by Crippen LogP contribution is -2.22. The van der Waals surface area contributed by atoms with Gasteiger partial charge in [0.1, 0.15) is 0 Å². The lowest BCUT2D eigenvalue weighted by Gasteiger charge is -2.13. The van der Waals surface area contributed by atoms with E-state index in [9.17, 15) is 4.79 Å². The van der Waals surface area contributed by atoms with Crippen molar-refractivity contribution in [2.75, 3.05) is 5.32 Å². The number of anilines is 1. The second-order valence-corrected chi connectivity index (χ2v) is 6.78. The molecule has 3 heteroatoms. The molecule has 0 spiro atoms. The summed E-state index contributed by atoms with van der Waals surface area (Å²) < 4.78 is 0. The first-order chi connectivity index (χ1) is 9.95. The fraction of sp³-hybridized carbons (Fsp3) is 0.278. The zero-order valence-corrected chi connectivity index (χ0v) is 13.8. The number of carbonyl (C=O) groups is 1. The maximum Gasteiger partial charge on any atom is 0.237 e. The van der Waals surface area contributed by atoms with Gasteiger partial charge in [-0.3, -0.25) is 4.79 Å². The number of amides is 1. The van der Waals surface area contributed by atoms with E-state index in [0.717, 1.165) is 16.1 Å². The average Bonchev–Trinajstić information content (AvgIpc) is 2.43. The van der Waals surface area contributed by atoms with E-state index in [1.807, 2.05) is 38.1 Å². The molecule has 1 N–H and O–H groups in total. The first-order valence-electron chi connectivity index (χ1n) is 7.07. The van der Waals surface area contributed by atoms with E-state index < -0.39 is 0 Å². The summed E-state index contributed by atoms with van der Waals surface area (Å²) in [5, 5.41) is 2.84. The minimum absolute atomic E-state index is 0.0313. The SMILES string of the molecule is Cc1cccc(NC(=O)[C@H](C)Sc2ccc(C)c(C)c2)c1. The van der Waals surface area contributed by atoms with Crippen LogP contribution in [0.25, 0.3) is 0 Å². The largest absolute Gasteiger partial charge is 0.325 e. The summed E-state index contributed by atoms with van der Waals surface area (Å²) in [6.07, 6.45) is 0. The van der Waals surface area contributed by atoms with Gasteiger partial charge in [0.25, 0.3) is 0 Å². The molecule has 0 radical (unpaired) electrons. The van der Waals surface area contributed by atoms with Crippen LogP contribution in [0.1, 0.15) is 23.6 Å². The Kier molecular flexibility index (Phi) is 5.07. The van der Waals surface area contributed by atoms with Gasteiger partial charge in [0, 0.05) is 10.6 Å². The third-order valence-corrected chi connectivity index (χ3v) is 4.54. The van der Waals surface area contributed by atoms with E-state index in [2.05, 4.69) is 37.4 Å². The molecule has 0 fully saturated rings. The molecule has 0 aliphatic rings. The summed E-state index contributed by atoms with van der Waals surface area (Å²) in [7, 11) is 0. The van der Waals surface area contributed by atoms with Crippen LogP contribution in [0.15, 0.2) is 47.4 Å². The van der Waals surface area contributed by atoms with Gasteiger partial charge >= 0.3 is 0 Å². The zero-order chi connectivity index (χ0) is 15.4. The van der Waals surface area contributed by atoms with Crippen LogP contribution in [0.2, 0.25) is 0 Å². The highest BCUT2D eigenvalue weighted by Gasteiger charge is 2.14. The van der Waals surface area contributed by atoms with Crippen molar-refractivity contribution >= 4 is 23.4 Å². The molecule has 2 rings (SSSR count). The molecule has 110 valence electrons. The van der Waals surface area contributed by atoms with Gasteiger partial charge in [0.2, 0.25) is 5.91 Å². The van der Waals surface area contributed by atoms with E-state index in [0.29, 0.717) is 0 Å². The monoisotopic (exact) mass is 299 g/mol. The van der Waals surface area contributed by atoms with E-state index in [1.165, 1.54) is 11.1 Å². The van der Waals surface area contributed by atoms with Gasteiger partial charge in [-0.1, -0.05) is 18.2 Å². The molecule has 1 atom stereocenters. The molecule has 0 saturated carbocycles. The number of carbonyl (C=O) groups excluding carboxylic acids is 1. The predicted molar refractivity (Wildman–Crippen MR) is 91.0 cm³/mol. The Hall–Kier alpha value is -1.74. The van der Waals surface area contributed by atoms with E-state index in [1.54, 1.807) is 11.8 Å². The maximum absolute atomic E-state index is 12.2. The first kappa shape index (κ1) is 15.6. The van der Waals surface area contributed by atoms with Crippen molar-refractivity contribution < 1.29 is 4.79 Å². The van der Waals surface area contributed by atoms with Gasteiger partial charge < -0.3 is 5.32 Å². The van der Waals surface area contributed by atoms with Crippen molar-refractivity contribution in [2.24, 2.45) is 0 Å². The van der Waals surface area contributed by atoms with Crippen LogP contribution in [-0.2, 0) is 4.79 Å². The summed E-state index contributed by atoms with van der Waals surface area (Å²) >= 11 is 1.59. The van der Waals surface area contributed by atoms with E-state index in [-0.39, 0.29) is 11.2 Å². The van der Waals surface area contributed by atoms with Gasteiger partial charge in [-0.05, 0) is 68.7 Å². The molecule has 1 amide bonds. The molecule has 0 bridgehead atoms. The van der Waals surface area contributed by atoms with Crippen LogP contribution >= 0.6 is 11.8 Å². The fourth-order valence-corrected chi connectivity index (χ4v) is 2.98. The molecule has 0 aliphatic carbocycles. The Labute approximate surface area is 131 Å². The molecule has 0 aromatic heterocycles. The molecular weight excluding hydrogens is 278 g/mol. The summed E-state index contributed by atoms with van der Waals surface area (Å²) in [5.74, 6) is 0.0313. The summed E-state index contributed by atoms with van der Waals surface area (Å²) in [6.45, 7) is 8.14. The Morgan fingerprint density at radius 3 is 2.48 bits per heavy atom. The highest BCUT2D eigenvalue weighted by Crippen LogP contribution is 2.26. The van der Waals surface area contributed by atoms with Gasteiger partial charge in [-0.15, -0.1) is 11.8 Å². The van der Waals surface area contributed by atoms with Crippen molar-refractivity contribution in [1.82, 2.24) is 0 Å².